The van der Waals surface area contributed by atoms with E-state index in [2.05, 4.69) is 73.4 Å². The number of alkyl halides is 2. The molecule has 0 unspecified atom stereocenters. The van der Waals surface area contributed by atoms with Crippen molar-refractivity contribution in [3.8, 4) is 0 Å². The predicted octanol–water partition coefficient (Wildman–Crippen LogP) is 4.95. The van der Waals surface area contributed by atoms with E-state index < -0.39 is 0 Å². The molecule has 12 heavy (non-hydrogen) atoms. The summed E-state index contributed by atoms with van der Waals surface area (Å²) in [4.78, 5) is 0. The van der Waals surface area contributed by atoms with E-state index in [9.17, 15) is 0 Å². The van der Waals surface area contributed by atoms with Crippen LogP contribution in [0.2, 0.25) is 0 Å². The van der Waals surface area contributed by atoms with Gasteiger partial charge in [-0.3, -0.25) is 0 Å². The highest BCUT2D eigenvalue weighted by Gasteiger charge is 2.39. The van der Waals surface area contributed by atoms with Gasteiger partial charge in [0.25, 0.3) is 0 Å². The maximum Gasteiger partial charge on any atom is 0.0858 e. The van der Waals surface area contributed by atoms with Gasteiger partial charge in [-0.05, 0) is 17.3 Å². The second kappa shape index (κ2) is 3.61. The van der Waals surface area contributed by atoms with Crippen LogP contribution in [0.5, 0.6) is 0 Å². The molecule has 0 bridgehead atoms. The largest absolute Gasteiger partial charge is 0.0858 e. The van der Waals surface area contributed by atoms with E-state index in [0.717, 1.165) is 6.42 Å². The standard InChI is InChI=1S/C10H20Br2/c1-8(2,3)7-10(11,12)9(4,5)6/h7H2,1-6H3. The average Bonchev–Trinajstić information content (AvgIpc) is 1.52. The first-order valence-corrected chi connectivity index (χ1v) is 5.92. The predicted molar refractivity (Wildman–Crippen MR) is 64.1 cm³/mol. The maximum absolute atomic E-state index is 3.75. The van der Waals surface area contributed by atoms with Crippen LogP contribution in [0.4, 0.5) is 0 Å². The molecule has 0 spiro atoms. The van der Waals surface area contributed by atoms with E-state index in [1.54, 1.807) is 0 Å². The van der Waals surface area contributed by atoms with E-state index in [-0.39, 0.29) is 8.65 Å². The zero-order chi connectivity index (χ0) is 10.2. The van der Waals surface area contributed by atoms with Gasteiger partial charge in [0.15, 0.2) is 0 Å². The van der Waals surface area contributed by atoms with Crippen LogP contribution in [-0.2, 0) is 0 Å². The summed E-state index contributed by atoms with van der Waals surface area (Å²) in [6.07, 6.45) is 1.11. The second-order valence-corrected chi connectivity index (χ2v) is 9.46. The quantitative estimate of drug-likeness (QED) is 0.601. The van der Waals surface area contributed by atoms with Gasteiger partial charge in [-0.2, -0.15) is 0 Å². The van der Waals surface area contributed by atoms with Crippen molar-refractivity contribution < 1.29 is 0 Å². The van der Waals surface area contributed by atoms with Crippen molar-refractivity contribution in [2.75, 3.05) is 0 Å². The molecule has 0 amide bonds. The van der Waals surface area contributed by atoms with Gasteiger partial charge in [0.2, 0.25) is 0 Å². The monoisotopic (exact) mass is 298 g/mol. The fourth-order valence-electron chi connectivity index (χ4n) is 0.931. The van der Waals surface area contributed by atoms with Crippen LogP contribution in [0.1, 0.15) is 48.0 Å². The van der Waals surface area contributed by atoms with E-state index in [4.69, 9.17) is 0 Å². The molecule has 0 aromatic rings. The molecule has 0 heterocycles. The number of hydrogen-bond acceptors (Lipinski definition) is 0. The summed E-state index contributed by atoms with van der Waals surface area (Å²) in [6.45, 7) is 13.5. The molecule has 0 aromatic carbocycles. The first kappa shape index (κ1) is 13.0. The molecule has 74 valence electrons. The lowest BCUT2D eigenvalue weighted by Crippen LogP contribution is -2.34. The molecule has 0 aromatic heterocycles. The Balaban J connectivity index is 4.44. The zero-order valence-corrected chi connectivity index (χ0v) is 12.1. The molecule has 0 aliphatic rings. The molecule has 0 radical (unpaired) electrons. The van der Waals surface area contributed by atoms with Gasteiger partial charge in [0.1, 0.15) is 0 Å². The van der Waals surface area contributed by atoms with Crippen molar-refractivity contribution in [3.05, 3.63) is 0 Å². The lowest BCUT2D eigenvalue weighted by Gasteiger charge is -2.39. The molecule has 0 saturated heterocycles. The molecule has 0 aliphatic carbocycles. The lowest BCUT2D eigenvalue weighted by atomic mass is 9.81. The number of hydrogen-bond donors (Lipinski definition) is 0. The van der Waals surface area contributed by atoms with Crippen LogP contribution < -0.4 is 0 Å². The Morgan fingerprint density at radius 1 is 0.833 bits per heavy atom. The number of rotatable bonds is 1. The Bertz CT molecular complexity index is 146. The molecule has 0 N–H and O–H groups in total. The van der Waals surface area contributed by atoms with E-state index in [1.807, 2.05) is 0 Å². The molecule has 0 nitrogen and oxygen atoms in total. The fourth-order valence-corrected chi connectivity index (χ4v) is 2.61. The SMILES string of the molecule is CC(C)(C)CC(Br)(Br)C(C)(C)C. The van der Waals surface area contributed by atoms with Crippen LogP contribution >= 0.6 is 31.9 Å². The van der Waals surface area contributed by atoms with Crippen molar-refractivity contribution in [2.45, 2.75) is 51.2 Å². The van der Waals surface area contributed by atoms with Crippen molar-refractivity contribution >= 4 is 31.9 Å². The molecule has 0 atom stereocenters. The Kier molecular flexibility index (Phi) is 3.89. The van der Waals surface area contributed by atoms with Crippen molar-refractivity contribution in [1.82, 2.24) is 0 Å². The van der Waals surface area contributed by atoms with Crippen molar-refractivity contribution in [3.63, 3.8) is 0 Å². The van der Waals surface area contributed by atoms with Gasteiger partial charge in [-0.15, -0.1) is 0 Å². The van der Waals surface area contributed by atoms with Crippen LogP contribution in [0, 0.1) is 10.8 Å². The Morgan fingerprint density at radius 2 is 1.17 bits per heavy atom. The summed E-state index contributed by atoms with van der Waals surface area (Å²) < 4.78 is 0.0469. The normalized spacial score (nSPS) is 15.0. The third-order valence-electron chi connectivity index (χ3n) is 1.85. The van der Waals surface area contributed by atoms with E-state index >= 15 is 0 Å². The van der Waals surface area contributed by atoms with Gasteiger partial charge in [-0.1, -0.05) is 73.4 Å². The molecule has 0 rings (SSSR count). The molecular formula is C10H20Br2. The van der Waals surface area contributed by atoms with Crippen LogP contribution in [0.3, 0.4) is 0 Å². The van der Waals surface area contributed by atoms with Gasteiger partial charge in [-0.25, -0.2) is 0 Å². The highest BCUT2D eigenvalue weighted by Crippen LogP contribution is 2.50. The van der Waals surface area contributed by atoms with Crippen LogP contribution in [-0.4, -0.2) is 3.23 Å². The first-order chi connectivity index (χ1) is 4.96. The molecule has 0 aliphatic heterocycles. The Morgan fingerprint density at radius 3 is 1.25 bits per heavy atom. The highest BCUT2D eigenvalue weighted by molar-refractivity contribution is 9.25. The third kappa shape index (κ3) is 4.27. The lowest BCUT2D eigenvalue weighted by molar-refractivity contribution is 0.275. The maximum atomic E-state index is 3.75. The third-order valence-corrected chi connectivity index (χ3v) is 4.79. The average molecular weight is 300 g/mol. The minimum atomic E-state index is 0.0469. The summed E-state index contributed by atoms with van der Waals surface area (Å²) in [6, 6.07) is 0. The van der Waals surface area contributed by atoms with Gasteiger partial charge >= 0.3 is 0 Å². The smallest absolute Gasteiger partial charge is 0.0721 e. The summed E-state index contributed by atoms with van der Waals surface area (Å²) in [5.74, 6) is 0. The molecule has 0 fully saturated rings. The Labute approximate surface area is 93.8 Å². The summed E-state index contributed by atoms with van der Waals surface area (Å²) in [5.41, 5.74) is 0.584. The van der Waals surface area contributed by atoms with E-state index in [0.29, 0.717) is 5.41 Å². The Hall–Kier alpha value is 0.960. The summed E-state index contributed by atoms with van der Waals surface area (Å²) in [7, 11) is 0. The van der Waals surface area contributed by atoms with Gasteiger partial charge in [0.05, 0.1) is 3.23 Å². The first-order valence-electron chi connectivity index (χ1n) is 4.34. The van der Waals surface area contributed by atoms with Gasteiger partial charge in [0, 0.05) is 0 Å². The number of halogens is 2. The molecule has 0 saturated carbocycles. The van der Waals surface area contributed by atoms with Gasteiger partial charge < -0.3 is 0 Å². The minimum Gasteiger partial charge on any atom is -0.0721 e. The van der Waals surface area contributed by atoms with Crippen molar-refractivity contribution in [1.29, 1.82) is 0 Å². The molecule has 2 heteroatoms. The summed E-state index contributed by atoms with van der Waals surface area (Å²) >= 11 is 7.51. The van der Waals surface area contributed by atoms with Crippen LogP contribution in [0.15, 0.2) is 0 Å². The van der Waals surface area contributed by atoms with Crippen molar-refractivity contribution in [2.24, 2.45) is 10.8 Å². The topological polar surface area (TPSA) is 0 Å². The van der Waals surface area contributed by atoms with E-state index in [1.165, 1.54) is 0 Å². The minimum absolute atomic E-state index is 0.0469. The second-order valence-electron chi connectivity index (χ2n) is 5.69. The fraction of sp³-hybridized carbons (Fsp3) is 1.00. The zero-order valence-electron chi connectivity index (χ0n) is 8.96. The summed E-state index contributed by atoms with van der Waals surface area (Å²) in [5, 5.41) is 0. The molecular weight excluding hydrogens is 280 g/mol. The van der Waals surface area contributed by atoms with Crippen LogP contribution in [0.25, 0.3) is 0 Å². The highest BCUT2D eigenvalue weighted by atomic mass is 79.9.